The standard InChI is InChI=1S/2C7H15NO2/c2*1-5(4-6(2)8)7(9)10-3/h2*5-6H,4,8H2,1-3H3/t5-,6?;5-,6-/m00/s1. The zero-order valence-electron chi connectivity index (χ0n) is 13.5. The predicted molar refractivity (Wildman–Crippen MR) is 78.9 cm³/mol. The molecule has 0 saturated heterocycles. The van der Waals surface area contributed by atoms with Crippen LogP contribution in [0.3, 0.4) is 0 Å². The molecule has 0 rings (SSSR count). The predicted octanol–water partition coefficient (Wildman–Crippen LogP) is 1.07. The second-order valence-electron chi connectivity index (χ2n) is 5.27. The van der Waals surface area contributed by atoms with Crippen LogP contribution < -0.4 is 11.5 Å². The molecule has 0 saturated carbocycles. The number of methoxy groups -OCH3 is 2. The van der Waals surface area contributed by atoms with Gasteiger partial charge >= 0.3 is 11.9 Å². The third-order valence-electron chi connectivity index (χ3n) is 2.66. The van der Waals surface area contributed by atoms with E-state index in [1.165, 1.54) is 14.2 Å². The van der Waals surface area contributed by atoms with Crippen LogP contribution in [0.15, 0.2) is 0 Å². The van der Waals surface area contributed by atoms with E-state index in [1.807, 2.05) is 27.7 Å². The number of ether oxygens (including phenoxy) is 2. The van der Waals surface area contributed by atoms with Crippen molar-refractivity contribution in [2.75, 3.05) is 14.2 Å². The van der Waals surface area contributed by atoms with Gasteiger partial charge in [-0.1, -0.05) is 13.8 Å². The lowest BCUT2D eigenvalue weighted by molar-refractivity contribution is -0.145. The van der Waals surface area contributed by atoms with E-state index in [0.717, 1.165) is 0 Å². The first-order valence-corrected chi connectivity index (χ1v) is 6.82. The van der Waals surface area contributed by atoms with Crippen molar-refractivity contribution in [3.05, 3.63) is 0 Å². The topological polar surface area (TPSA) is 105 Å². The first kappa shape index (κ1) is 21.2. The van der Waals surface area contributed by atoms with Gasteiger partial charge in [-0.15, -0.1) is 0 Å². The molecule has 1 unspecified atom stereocenters. The fourth-order valence-electron chi connectivity index (χ4n) is 1.71. The van der Waals surface area contributed by atoms with Crippen LogP contribution in [-0.2, 0) is 19.1 Å². The van der Waals surface area contributed by atoms with Crippen LogP contribution in [0.25, 0.3) is 0 Å². The molecule has 0 aromatic rings. The van der Waals surface area contributed by atoms with Crippen molar-refractivity contribution < 1.29 is 19.1 Å². The van der Waals surface area contributed by atoms with E-state index in [1.54, 1.807) is 0 Å². The summed E-state index contributed by atoms with van der Waals surface area (Å²) >= 11 is 0. The first-order valence-electron chi connectivity index (χ1n) is 6.82. The SMILES string of the molecule is COC(=O)[C@@H](C)CC(C)N.COC(=O)[C@@H](C)C[C@H](C)N. The number of hydrogen-bond acceptors (Lipinski definition) is 6. The van der Waals surface area contributed by atoms with Crippen molar-refractivity contribution in [1.82, 2.24) is 0 Å². The minimum absolute atomic E-state index is 0.0640. The molecule has 0 aliphatic carbocycles. The molecule has 0 fully saturated rings. The van der Waals surface area contributed by atoms with E-state index in [-0.39, 0.29) is 35.9 Å². The maximum absolute atomic E-state index is 10.8. The van der Waals surface area contributed by atoms with Gasteiger partial charge in [0.25, 0.3) is 0 Å². The molecule has 0 aromatic heterocycles. The minimum atomic E-state index is -0.183. The summed E-state index contributed by atoms with van der Waals surface area (Å²) in [6.45, 7) is 7.38. The first-order chi connectivity index (χ1) is 9.15. The Morgan fingerprint density at radius 3 is 1.20 bits per heavy atom. The van der Waals surface area contributed by atoms with Crippen molar-refractivity contribution in [3.8, 4) is 0 Å². The molecule has 0 radical (unpaired) electrons. The maximum atomic E-state index is 10.8. The van der Waals surface area contributed by atoms with Gasteiger partial charge in [-0.2, -0.15) is 0 Å². The fraction of sp³-hybridized carbons (Fsp3) is 0.857. The Kier molecular flexibility index (Phi) is 12.3. The summed E-state index contributed by atoms with van der Waals surface area (Å²) in [6, 6.07) is 0.128. The van der Waals surface area contributed by atoms with Gasteiger partial charge in [-0.3, -0.25) is 9.59 Å². The molecular weight excluding hydrogens is 260 g/mol. The Morgan fingerprint density at radius 1 is 0.800 bits per heavy atom. The Balaban J connectivity index is 0. The quantitative estimate of drug-likeness (QED) is 0.709. The van der Waals surface area contributed by atoms with Gasteiger partial charge in [0.2, 0.25) is 0 Å². The van der Waals surface area contributed by atoms with E-state index in [0.29, 0.717) is 12.8 Å². The second-order valence-corrected chi connectivity index (χ2v) is 5.27. The highest BCUT2D eigenvalue weighted by molar-refractivity contribution is 5.72. The van der Waals surface area contributed by atoms with Crippen LogP contribution in [-0.4, -0.2) is 38.2 Å². The molecule has 0 spiro atoms. The second kappa shape index (κ2) is 11.7. The Morgan fingerprint density at radius 2 is 1.05 bits per heavy atom. The third-order valence-corrected chi connectivity index (χ3v) is 2.66. The lowest BCUT2D eigenvalue weighted by atomic mass is 10.0. The third kappa shape index (κ3) is 11.9. The smallest absolute Gasteiger partial charge is 0.308 e. The molecule has 4 atom stereocenters. The summed E-state index contributed by atoms with van der Waals surface area (Å²) in [7, 11) is 2.78. The van der Waals surface area contributed by atoms with Crippen molar-refractivity contribution in [1.29, 1.82) is 0 Å². The van der Waals surface area contributed by atoms with Crippen molar-refractivity contribution >= 4 is 11.9 Å². The Hall–Kier alpha value is -1.14. The van der Waals surface area contributed by atoms with Crippen LogP contribution >= 0.6 is 0 Å². The fourth-order valence-corrected chi connectivity index (χ4v) is 1.71. The summed E-state index contributed by atoms with van der Waals surface area (Å²) in [4.78, 5) is 21.5. The van der Waals surface area contributed by atoms with Gasteiger partial charge in [0.15, 0.2) is 0 Å². The number of hydrogen-bond donors (Lipinski definition) is 2. The largest absolute Gasteiger partial charge is 0.469 e. The molecule has 0 aliphatic heterocycles. The summed E-state index contributed by atoms with van der Waals surface area (Å²) in [6.07, 6.45) is 1.37. The van der Waals surface area contributed by atoms with Crippen molar-refractivity contribution in [2.45, 2.75) is 52.6 Å². The molecule has 0 amide bonds. The molecule has 120 valence electrons. The molecule has 0 heterocycles. The van der Waals surface area contributed by atoms with Crippen LogP contribution in [0.1, 0.15) is 40.5 Å². The normalized spacial score (nSPS) is 16.0. The summed E-state index contributed by atoms with van der Waals surface area (Å²) in [5, 5.41) is 0. The van der Waals surface area contributed by atoms with E-state index in [4.69, 9.17) is 11.5 Å². The highest BCUT2D eigenvalue weighted by atomic mass is 16.5. The summed E-state index contributed by atoms with van der Waals surface area (Å²) in [5.74, 6) is -0.524. The monoisotopic (exact) mass is 290 g/mol. The number of carbonyl (C=O) groups excluding carboxylic acids is 2. The zero-order valence-corrected chi connectivity index (χ0v) is 13.5. The number of carbonyl (C=O) groups is 2. The van der Waals surface area contributed by atoms with Gasteiger partial charge in [-0.25, -0.2) is 0 Å². The molecule has 0 aromatic carbocycles. The molecular formula is C14H30N2O4. The van der Waals surface area contributed by atoms with E-state index in [2.05, 4.69) is 9.47 Å². The molecule has 6 nitrogen and oxygen atoms in total. The highest BCUT2D eigenvalue weighted by Gasteiger charge is 2.14. The van der Waals surface area contributed by atoms with Crippen LogP contribution in [0, 0.1) is 11.8 Å². The highest BCUT2D eigenvalue weighted by Crippen LogP contribution is 2.06. The Labute approximate surface area is 122 Å². The van der Waals surface area contributed by atoms with Gasteiger partial charge in [0.1, 0.15) is 0 Å². The number of nitrogens with two attached hydrogens (primary N) is 2. The Bertz CT molecular complexity index is 252. The van der Waals surface area contributed by atoms with E-state index >= 15 is 0 Å². The maximum Gasteiger partial charge on any atom is 0.308 e. The van der Waals surface area contributed by atoms with Crippen LogP contribution in [0.4, 0.5) is 0 Å². The zero-order chi connectivity index (χ0) is 16.3. The number of esters is 2. The van der Waals surface area contributed by atoms with Gasteiger partial charge in [0, 0.05) is 12.1 Å². The van der Waals surface area contributed by atoms with Gasteiger partial charge in [-0.05, 0) is 26.7 Å². The van der Waals surface area contributed by atoms with Gasteiger partial charge < -0.3 is 20.9 Å². The molecule has 0 bridgehead atoms. The lowest BCUT2D eigenvalue weighted by Gasteiger charge is -2.10. The molecule has 6 heteroatoms. The van der Waals surface area contributed by atoms with Crippen LogP contribution in [0.2, 0.25) is 0 Å². The van der Waals surface area contributed by atoms with Gasteiger partial charge in [0.05, 0.1) is 26.1 Å². The molecule has 4 N–H and O–H groups in total. The van der Waals surface area contributed by atoms with Crippen LogP contribution in [0.5, 0.6) is 0 Å². The molecule has 0 aliphatic rings. The van der Waals surface area contributed by atoms with Crippen molar-refractivity contribution in [3.63, 3.8) is 0 Å². The molecule has 20 heavy (non-hydrogen) atoms. The van der Waals surface area contributed by atoms with E-state index < -0.39 is 0 Å². The average Bonchev–Trinajstić information content (AvgIpc) is 2.35. The summed E-state index contributed by atoms with van der Waals surface area (Å²) in [5.41, 5.74) is 11.0. The number of rotatable bonds is 6. The van der Waals surface area contributed by atoms with E-state index in [9.17, 15) is 9.59 Å². The minimum Gasteiger partial charge on any atom is -0.469 e. The lowest BCUT2D eigenvalue weighted by Crippen LogP contribution is -2.23. The average molecular weight is 290 g/mol. The summed E-state index contributed by atoms with van der Waals surface area (Å²) < 4.78 is 9.04. The van der Waals surface area contributed by atoms with Crippen molar-refractivity contribution in [2.24, 2.45) is 23.3 Å².